The molecule has 0 aliphatic heterocycles. The smallest absolute Gasteiger partial charge is 0.252 e. The number of carbonyl (C=O) groups excluding carboxylic acids is 2. The predicted molar refractivity (Wildman–Crippen MR) is 120 cm³/mol. The molecule has 0 radical (unpaired) electrons. The van der Waals surface area contributed by atoms with Crippen LogP contribution in [-0.4, -0.2) is 29.9 Å². The Kier molecular flexibility index (Phi) is 15.7. The molecule has 0 saturated carbocycles. The molecule has 0 aliphatic carbocycles. The molecule has 0 unspecified atom stereocenters. The monoisotopic (exact) mass is 403 g/mol. The van der Waals surface area contributed by atoms with Crippen LogP contribution < -0.4 is 10.6 Å². The minimum atomic E-state index is -0.163. The van der Waals surface area contributed by atoms with E-state index in [1.165, 1.54) is 76.8 Å². The number of carbonyl (C=O) groups is 2. The summed E-state index contributed by atoms with van der Waals surface area (Å²) in [5.74, 6) is -0.0902. The lowest BCUT2D eigenvalue weighted by Crippen LogP contribution is -2.34. The summed E-state index contributed by atoms with van der Waals surface area (Å²) < 4.78 is 0. The van der Waals surface area contributed by atoms with Crippen LogP contribution in [0, 0.1) is 0 Å². The topological polar surface area (TPSA) is 71.1 Å². The zero-order chi connectivity index (χ0) is 21.0. The number of pyridine rings is 1. The van der Waals surface area contributed by atoms with Crippen LogP contribution in [0.5, 0.6) is 0 Å². The van der Waals surface area contributed by atoms with Crippen molar-refractivity contribution < 1.29 is 9.59 Å². The Labute approximate surface area is 177 Å². The number of hydrogen-bond acceptors (Lipinski definition) is 3. The standard InChI is InChI=1S/C24H41N3O2/c1-2-3-4-5-6-7-8-9-10-11-12-13-14-17-23(28)26-19-20-27-24(29)22-16-15-18-25-21-22/h15-16,18,21H,2-14,17,19-20H2,1H3,(H,26,28)(H,27,29). The molecular formula is C24H41N3O2. The van der Waals surface area contributed by atoms with Crippen molar-refractivity contribution in [1.82, 2.24) is 15.6 Å². The fourth-order valence-corrected chi connectivity index (χ4v) is 3.37. The maximum absolute atomic E-state index is 11.8. The molecule has 29 heavy (non-hydrogen) atoms. The normalized spacial score (nSPS) is 10.7. The van der Waals surface area contributed by atoms with Crippen molar-refractivity contribution in [1.29, 1.82) is 0 Å². The zero-order valence-electron chi connectivity index (χ0n) is 18.4. The van der Waals surface area contributed by atoms with Crippen LogP contribution in [0.3, 0.4) is 0 Å². The van der Waals surface area contributed by atoms with Gasteiger partial charge in [0.2, 0.25) is 5.91 Å². The molecule has 1 rings (SSSR count). The third-order valence-electron chi connectivity index (χ3n) is 5.16. The molecule has 2 amide bonds. The third-order valence-corrected chi connectivity index (χ3v) is 5.16. The van der Waals surface area contributed by atoms with Gasteiger partial charge in [0.15, 0.2) is 0 Å². The summed E-state index contributed by atoms with van der Waals surface area (Å²) in [6, 6.07) is 3.45. The van der Waals surface area contributed by atoms with Crippen molar-refractivity contribution in [3.63, 3.8) is 0 Å². The van der Waals surface area contributed by atoms with Crippen LogP contribution in [0.4, 0.5) is 0 Å². The highest BCUT2D eigenvalue weighted by molar-refractivity contribution is 5.93. The number of unbranched alkanes of at least 4 members (excludes halogenated alkanes) is 12. The molecular weight excluding hydrogens is 362 g/mol. The molecule has 5 heteroatoms. The molecule has 0 atom stereocenters. The van der Waals surface area contributed by atoms with E-state index in [0.29, 0.717) is 25.1 Å². The predicted octanol–water partition coefficient (Wildman–Crippen LogP) is 5.41. The van der Waals surface area contributed by atoms with Gasteiger partial charge >= 0.3 is 0 Å². The van der Waals surface area contributed by atoms with Crippen molar-refractivity contribution in [2.75, 3.05) is 13.1 Å². The van der Waals surface area contributed by atoms with E-state index in [-0.39, 0.29) is 11.8 Å². The second kappa shape index (κ2) is 18.1. The summed E-state index contributed by atoms with van der Waals surface area (Å²) in [5, 5.41) is 5.64. The molecule has 0 bridgehead atoms. The van der Waals surface area contributed by atoms with Crippen LogP contribution in [0.2, 0.25) is 0 Å². The second-order valence-corrected chi connectivity index (χ2v) is 7.84. The second-order valence-electron chi connectivity index (χ2n) is 7.84. The maximum Gasteiger partial charge on any atom is 0.252 e. The number of hydrogen-bond donors (Lipinski definition) is 2. The first-order valence-electron chi connectivity index (χ1n) is 11.7. The Morgan fingerprint density at radius 1 is 0.793 bits per heavy atom. The van der Waals surface area contributed by atoms with E-state index in [2.05, 4.69) is 22.5 Å². The van der Waals surface area contributed by atoms with Gasteiger partial charge < -0.3 is 10.6 Å². The average Bonchev–Trinajstić information content (AvgIpc) is 2.75. The average molecular weight is 404 g/mol. The summed E-state index contributed by atoms with van der Waals surface area (Å²) in [6.07, 6.45) is 20.7. The lowest BCUT2D eigenvalue weighted by molar-refractivity contribution is -0.121. The number of rotatable bonds is 18. The molecule has 0 fully saturated rings. The largest absolute Gasteiger partial charge is 0.354 e. The Balaban J connectivity index is 1.83. The van der Waals surface area contributed by atoms with E-state index < -0.39 is 0 Å². The fourth-order valence-electron chi connectivity index (χ4n) is 3.37. The SMILES string of the molecule is CCCCCCCCCCCCCCCC(=O)NCCNC(=O)c1cccnc1. The quantitative estimate of drug-likeness (QED) is 0.322. The minimum absolute atomic E-state index is 0.0729. The zero-order valence-corrected chi connectivity index (χ0v) is 18.4. The van der Waals surface area contributed by atoms with Crippen molar-refractivity contribution in [3.8, 4) is 0 Å². The Morgan fingerprint density at radius 3 is 1.90 bits per heavy atom. The maximum atomic E-state index is 11.8. The number of nitrogens with zero attached hydrogens (tertiary/aromatic N) is 1. The molecule has 1 aromatic rings. The van der Waals surface area contributed by atoms with Crippen molar-refractivity contribution in [3.05, 3.63) is 30.1 Å². The van der Waals surface area contributed by atoms with E-state index in [1.54, 1.807) is 18.3 Å². The van der Waals surface area contributed by atoms with Gasteiger partial charge in [0.05, 0.1) is 5.56 Å². The van der Waals surface area contributed by atoms with Gasteiger partial charge in [-0.2, -0.15) is 0 Å². The van der Waals surface area contributed by atoms with Crippen molar-refractivity contribution in [2.24, 2.45) is 0 Å². The first-order valence-corrected chi connectivity index (χ1v) is 11.7. The lowest BCUT2D eigenvalue weighted by Gasteiger charge is -2.07. The van der Waals surface area contributed by atoms with Gasteiger partial charge in [-0.1, -0.05) is 84.0 Å². The molecule has 2 N–H and O–H groups in total. The lowest BCUT2D eigenvalue weighted by atomic mass is 10.0. The van der Waals surface area contributed by atoms with Gasteiger partial charge in [-0.25, -0.2) is 0 Å². The van der Waals surface area contributed by atoms with Gasteiger partial charge in [-0.15, -0.1) is 0 Å². The van der Waals surface area contributed by atoms with E-state index in [9.17, 15) is 9.59 Å². The number of amides is 2. The summed E-state index contributed by atoms with van der Waals surface area (Å²) >= 11 is 0. The summed E-state index contributed by atoms with van der Waals surface area (Å²) in [5.41, 5.74) is 0.533. The van der Waals surface area contributed by atoms with E-state index >= 15 is 0 Å². The van der Waals surface area contributed by atoms with E-state index in [0.717, 1.165) is 12.8 Å². The minimum Gasteiger partial charge on any atom is -0.354 e. The van der Waals surface area contributed by atoms with Crippen LogP contribution in [0.1, 0.15) is 107 Å². The highest BCUT2D eigenvalue weighted by Gasteiger charge is 2.05. The molecule has 0 saturated heterocycles. The highest BCUT2D eigenvalue weighted by atomic mass is 16.2. The van der Waals surface area contributed by atoms with Crippen LogP contribution in [0.15, 0.2) is 24.5 Å². The Bertz CT molecular complexity index is 534. The molecule has 5 nitrogen and oxygen atoms in total. The Morgan fingerprint density at radius 2 is 1.34 bits per heavy atom. The van der Waals surface area contributed by atoms with Crippen molar-refractivity contribution in [2.45, 2.75) is 96.8 Å². The van der Waals surface area contributed by atoms with Gasteiger partial charge in [-0.05, 0) is 18.6 Å². The summed E-state index contributed by atoms with van der Waals surface area (Å²) in [7, 11) is 0. The molecule has 0 aromatic carbocycles. The molecule has 1 heterocycles. The molecule has 164 valence electrons. The van der Waals surface area contributed by atoms with Gasteiger partial charge in [-0.3, -0.25) is 14.6 Å². The van der Waals surface area contributed by atoms with Crippen LogP contribution in [-0.2, 0) is 4.79 Å². The summed E-state index contributed by atoms with van der Waals surface area (Å²) in [4.78, 5) is 27.6. The van der Waals surface area contributed by atoms with Gasteiger partial charge in [0.25, 0.3) is 5.91 Å². The van der Waals surface area contributed by atoms with E-state index in [4.69, 9.17) is 0 Å². The van der Waals surface area contributed by atoms with Gasteiger partial charge in [0.1, 0.15) is 0 Å². The number of nitrogens with one attached hydrogen (secondary N) is 2. The first-order chi connectivity index (χ1) is 14.2. The molecule has 1 aromatic heterocycles. The van der Waals surface area contributed by atoms with Crippen molar-refractivity contribution >= 4 is 11.8 Å². The first kappa shape index (κ1) is 25.1. The highest BCUT2D eigenvalue weighted by Crippen LogP contribution is 2.12. The molecule has 0 aliphatic rings. The fraction of sp³-hybridized carbons (Fsp3) is 0.708. The summed E-state index contributed by atoms with van der Waals surface area (Å²) in [6.45, 7) is 3.15. The van der Waals surface area contributed by atoms with E-state index in [1.807, 2.05) is 0 Å². The molecule has 0 spiro atoms. The van der Waals surface area contributed by atoms with Crippen LogP contribution >= 0.6 is 0 Å². The number of aromatic nitrogens is 1. The van der Waals surface area contributed by atoms with Crippen LogP contribution in [0.25, 0.3) is 0 Å². The Hall–Kier alpha value is -1.91. The third kappa shape index (κ3) is 14.7. The van der Waals surface area contributed by atoms with Gasteiger partial charge in [0, 0.05) is 31.9 Å².